The van der Waals surface area contributed by atoms with Crippen molar-refractivity contribution in [1.29, 1.82) is 0 Å². The molecule has 0 fully saturated rings. The average Bonchev–Trinajstić information content (AvgIpc) is 2.95. The maximum Gasteiger partial charge on any atom is 0.181 e. The molecule has 110 valence electrons. The fourth-order valence-electron chi connectivity index (χ4n) is 2.28. The maximum atomic E-state index is 12.4. The van der Waals surface area contributed by atoms with E-state index in [2.05, 4.69) is 10.1 Å². The molecule has 1 aliphatic heterocycles. The predicted molar refractivity (Wildman–Crippen MR) is 80.7 cm³/mol. The first kappa shape index (κ1) is 14.1. The summed E-state index contributed by atoms with van der Waals surface area (Å²) in [4.78, 5) is 17.7. The molecule has 0 saturated heterocycles. The molecule has 0 spiro atoms. The lowest BCUT2D eigenvalue weighted by atomic mass is 10.1. The summed E-state index contributed by atoms with van der Waals surface area (Å²) >= 11 is 1.66. The first-order valence-electron chi connectivity index (χ1n) is 6.94. The van der Waals surface area contributed by atoms with Crippen LogP contribution in [0.25, 0.3) is 0 Å². The molecule has 0 N–H and O–H groups in total. The van der Waals surface area contributed by atoms with Crippen LogP contribution in [0.3, 0.4) is 0 Å². The Balaban J connectivity index is 1.71. The Bertz CT molecular complexity index is 654. The highest BCUT2D eigenvalue weighted by molar-refractivity contribution is 7.99. The van der Waals surface area contributed by atoms with E-state index in [1.807, 2.05) is 38.1 Å². The number of carbonyl (C=O) groups is 1. The van der Waals surface area contributed by atoms with Crippen molar-refractivity contribution in [1.82, 2.24) is 14.8 Å². The topological polar surface area (TPSA) is 57.0 Å². The molecule has 21 heavy (non-hydrogen) atoms. The Labute approximate surface area is 127 Å². The molecule has 2 heterocycles. The number of ketones is 1. The second kappa shape index (κ2) is 5.89. The number of hydrogen-bond acceptors (Lipinski definition) is 5. The smallest absolute Gasteiger partial charge is 0.181 e. The molecule has 6 heteroatoms. The number of fused-ring (bicyclic) bond motifs is 1. The lowest BCUT2D eigenvalue weighted by Gasteiger charge is -2.24. The first-order valence-corrected chi connectivity index (χ1v) is 7.93. The molecule has 1 atom stereocenters. The van der Waals surface area contributed by atoms with Gasteiger partial charge in [0, 0.05) is 16.7 Å². The quantitative estimate of drug-likeness (QED) is 0.868. The van der Waals surface area contributed by atoms with E-state index in [0.717, 1.165) is 10.6 Å². The Morgan fingerprint density at radius 1 is 1.48 bits per heavy atom. The minimum atomic E-state index is -0.415. The second-order valence-corrected chi connectivity index (χ2v) is 6.28. The molecule has 1 unspecified atom stereocenters. The first-order chi connectivity index (χ1) is 10.1. The van der Waals surface area contributed by atoms with Crippen LogP contribution in [0.15, 0.2) is 35.5 Å². The number of carbonyl (C=O) groups excluding carboxylic acids is 1. The van der Waals surface area contributed by atoms with E-state index >= 15 is 0 Å². The number of Topliss-reactive ketones (excluding diaryl/α,β-unsaturated/α-hetero) is 1. The number of thioether (sulfide) groups is 1. The zero-order valence-corrected chi connectivity index (χ0v) is 12.8. The summed E-state index contributed by atoms with van der Waals surface area (Å²) in [6.45, 7) is 4.04. The summed E-state index contributed by atoms with van der Waals surface area (Å²) in [6.07, 6.45) is 1.34. The molecule has 2 aromatic rings. The molecule has 5 nitrogen and oxygen atoms in total. The summed E-state index contributed by atoms with van der Waals surface area (Å²) in [5.41, 5.74) is 0. The van der Waals surface area contributed by atoms with Crippen molar-refractivity contribution in [3.8, 4) is 5.75 Å². The van der Waals surface area contributed by atoms with Gasteiger partial charge in [0.15, 0.2) is 11.9 Å². The normalized spacial score (nSPS) is 17.4. The lowest BCUT2D eigenvalue weighted by Crippen LogP contribution is -2.34. The minimum Gasteiger partial charge on any atom is -0.481 e. The molecular formula is C15H17N3O2S. The van der Waals surface area contributed by atoms with Crippen molar-refractivity contribution in [3.05, 3.63) is 36.4 Å². The van der Waals surface area contributed by atoms with Gasteiger partial charge in [-0.2, -0.15) is 5.10 Å². The van der Waals surface area contributed by atoms with Gasteiger partial charge in [-0.1, -0.05) is 12.1 Å². The van der Waals surface area contributed by atoms with Gasteiger partial charge in [-0.15, -0.1) is 11.8 Å². The van der Waals surface area contributed by atoms with Crippen LogP contribution in [0.4, 0.5) is 0 Å². The van der Waals surface area contributed by atoms with Gasteiger partial charge in [0.2, 0.25) is 0 Å². The minimum absolute atomic E-state index is 0.0481. The van der Waals surface area contributed by atoms with Gasteiger partial charge in [0.05, 0.1) is 6.42 Å². The van der Waals surface area contributed by atoms with E-state index in [1.165, 1.54) is 6.33 Å². The van der Waals surface area contributed by atoms with Gasteiger partial charge < -0.3 is 4.74 Å². The SMILES string of the molecule is CC(C)n1ncnc1CC(=O)C1CSc2ccccc2O1. The van der Waals surface area contributed by atoms with Crippen LogP contribution >= 0.6 is 11.8 Å². The van der Waals surface area contributed by atoms with Crippen molar-refractivity contribution in [2.45, 2.75) is 37.3 Å². The Kier molecular flexibility index (Phi) is 3.96. The van der Waals surface area contributed by atoms with E-state index in [0.29, 0.717) is 11.6 Å². The van der Waals surface area contributed by atoms with Crippen LogP contribution in [-0.2, 0) is 11.2 Å². The molecule has 0 amide bonds. The third kappa shape index (κ3) is 2.95. The third-order valence-corrected chi connectivity index (χ3v) is 4.45. The molecule has 3 rings (SSSR count). The van der Waals surface area contributed by atoms with Crippen molar-refractivity contribution in [2.24, 2.45) is 0 Å². The van der Waals surface area contributed by atoms with Crippen LogP contribution in [0, 0.1) is 0 Å². The summed E-state index contributed by atoms with van der Waals surface area (Å²) in [5.74, 6) is 2.18. The van der Waals surface area contributed by atoms with Gasteiger partial charge in [-0.3, -0.25) is 4.79 Å². The van der Waals surface area contributed by atoms with Crippen molar-refractivity contribution in [3.63, 3.8) is 0 Å². The van der Waals surface area contributed by atoms with Gasteiger partial charge in [0.1, 0.15) is 17.9 Å². The number of rotatable bonds is 4. The van der Waals surface area contributed by atoms with E-state index in [9.17, 15) is 4.79 Å². The van der Waals surface area contributed by atoms with Gasteiger partial charge in [-0.05, 0) is 26.0 Å². The Morgan fingerprint density at radius 3 is 3.10 bits per heavy atom. The number of para-hydroxylation sites is 1. The van der Waals surface area contributed by atoms with Crippen molar-refractivity contribution in [2.75, 3.05) is 5.75 Å². The standard InChI is InChI=1S/C15H17N3O2S/c1-10(2)18-15(16-9-17-18)7-11(19)13-8-21-14-6-4-3-5-12(14)20-13/h3-6,9-10,13H,7-8H2,1-2H3. The van der Waals surface area contributed by atoms with Crippen LogP contribution in [0.5, 0.6) is 5.75 Å². The van der Waals surface area contributed by atoms with E-state index in [-0.39, 0.29) is 18.2 Å². The van der Waals surface area contributed by atoms with E-state index < -0.39 is 6.10 Å². The van der Waals surface area contributed by atoms with Crippen LogP contribution in [-0.4, -0.2) is 32.4 Å². The van der Waals surface area contributed by atoms with Crippen molar-refractivity contribution < 1.29 is 9.53 Å². The van der Waals surface area contributed by atoms with Crippen LogP contribution < -0.4 is 4.74 Å². The molecule has 0 bridgehead atoms. The molecule has 1 aromatic heterocycles. The maximum absolute atomic E-state index is 12.4. The molecule has 1 aliphatic rings. The fraction of sp³-hybridized carbons (Fsp3) is 0.400. The summed E-state index contributed by atoms with van der Waals surface area (Å²) in [7, 11) is 0. The number of hydrogen-bond donors (Lipinski definition) is 0. The monoisotopic (exact) mass is 303 g/mol. The highest BCUT2D eigenvalue weighted by Crippen LogP contribution is 2.35. The molecule has 0 radical (unpaired) electrons. The van der Waals surface area contributed by atoms with Gasteiger partial charge in [-0.25, -0.2) is 9.67 Å². The fourth-order valence-corrected chi connectivity index (χ4v) is 3.30. The number of ether oxygens (including phenoxy) is 1. The Hall–Kier alpha value is -1.82. The zero-order chi connectivity index (χ0) is 14.8. The predicted octanol–water partition coefficient (Wildman–Crippen LogP) is 2.52. The largest absolute Gasteiger partial charge is 0.481 e. The van der Waals surface area contributed by atoms with Gasteiger partial charge in [0.25, 0.3) is 0 Å². The van der Waals surface area contributed by atoms with Crippen LogP contribution in [0.1, 0.15) is 25.7 Å². The van der Waals surface area contributed by atoms with Crippen molar-refractivity contribution >= 4 is 17.5 Å². The third-order valence-electron chi connectivity index (χ3n) is 3.34. The van der Waals surface area contributed by atoms with E-state index in [1.54, 1.807) is 16.4 Å². The average molecular weight is 303 g/mol. The highest BCUT2D eigenvalue weighted by atomic mass is 32.2. The number of aromatic nitrogens is 3. The second-order valence-electron chi connectivity index (χ2n) is 5.22. The lowest BCUT2D eigenvalue weighted by molar-refractivity contribution is -0.124. The summed E-state index contributed by atoms with van der Waals surface area (Å²) < 4.78 is 7.59. The van der Waals surface area contributed by atoms with E-state index in [4.69, 9.17) is 4.74 Å². The molecule has 0 aliphatic carbocycles. The number of nitrogens with zero attached hydrogens (tertiary/aromatic N) is 3. The summed E-state index contributed by atoms with van der Waals surface area (Å²) in [6, 6.07) is 8.00. The summed E-state index contributed by atoms with van der Waals surface area (Å²) in [5, 5.41) is 4.16. The number of benzene rings is 1. The zero-order valence-electron chi connectivity index (χ0n) is 12.0. The Morgan fingerprint density at radius 2 is 2.29 bits per heavy atom. The van der Waals surface area contributed by atoms with Crippen LogP contribution in [0.2, 0.25) is 0 Å². The molecule has 1 aromatic carbocycles. The molecule has 0 saturated carbocycles. The highest BCUT2D eigenvalue weighted by Gasteiger charge is 2.27. The van der Waals surface area contributed by atoms with Gasteiger partial charge >= 0.3 is 0 Å². The molecular weight excluding hydrogens is 286 g/mol.